The topological polar surface area (TPSA) is 3.24 Å². The van der Waals surface area contributed by atoms with Crippen molar-refractivity contribution in [3.63, 3.8) is 0 Å². The van der Waals surface area contributed by atoms with Crippen LogP contribution in [0.3, 0.4) is 0 Å². The molecule has 0 fully saturated rings. The maximum absolute atomic E-state index is 4.21. The molecule has 0 aliphatic heterocycles. The predicted molar refractivity (Wildman–Crippen MR) is 74.9 cm³/mol. The fourth-order valence-corrected chi connectivity index (χ4v) is 1.87. The lowest BCUT2D eigenvalue weighted by atomic mass is 9.82. The Morgan fingerprint density at radius 1 is 1.12 bits per heavy atom. The van der Waals surface area contributed by atoms with Crippen molar-refractivity contribution in [1.29, 1.82) is 0 Å². The van der Waals surface area contributed by atoms with Gasteiger partial charge in [-0.1, -0.05) is 45.8 Å². The lowest BCUT2D eigenvalue weighted by molar-refractivity contribution is 0.342. The molecule has 0 saturated heterocycles. The molecule has 0 unspecified atom stereocenters. The van der Waals surface area contributed by atoms with E-state index in [-0.39, 0.29) is 0 Å². The predicted octanol–water partition coefficient (Wildman–Crippen LogP) is 4.49. The summed E-state index contributed by atoms with van der Waals surface area (Å²) in [6.45, 7) is 12.4. The molecule has 16 heavy (non-hydrogen) atoms. The van der Waals surface area contributed by atoms with Crippen LogP contribution in [-0.4, -0.2) is 25.5 Å². The molecule has 0 radical (unpaired) electrons. The maximum atomic E-state index is 4.21. The summed E-state index contributed by atoms with van der Waals surface area (Å²) in [6.07, 6.45) is 7.62. The molecule has 0 atom stereocenters. The van der Waals surface area contributed by atoms with Gasteiger partial charge in [0, 0.05) is 0 Å². The van der Waals surface area contributed by atoms with Gasteiger partial charge in [0.1, 0.15) is 0 Å². The Hall–Kier alpha value is -0.300. The molecular formula is C15H31N. The molecule has 0 aromatic carbocycles. The quantitative estimate of drug-likeness (QED) is 0.413. The number of allylic oxidation sites excluding steroid dienone is 1. The molecule has 0 bridgehead atoms. The zero-order valence-corrected chi connectivity index (χ0v) is 12.1. The largest absolute Gasteiger partial charge is 0.309 e. The zero-order chi connectivity index (χ0) is 12.6. The van der Waals surface area contributed by atoms with E-state index in [2.05, 4.69) is 46.3 Å². The first-order valence-corrected chi connectivity index (χ1v) is 6.69. The van der Waals surface area contributed by atoms with E-state index in [4.69, 9.17) is 0 Å². The highest BCUT2D eigenvalue weighted by atomic mass is 15.0. The Kier molecular flexibility index (Phi) is 7.74. The Morgan fingerprint density at radius 2 is 1.75 bits per heavy atom. The summed E-state index contributed by atoms with van der Waals surface area (Å²) in [7, 11) is 4.28. The van der Waals surface area contributed by atoms with Crippen molar-refractivity contribution in [3.8, 4) is 0 Å². The number of rotatable bonds is 9. The van der Waals surface area contributed by atoms with Crippen molar-refractivity contribution in [1.82, 2.24) is 4.90 Å². The summed E-state index contributed by atoms with van der Waals surface area (Å²) in [5.74, 6) is 0. The zero-order valence-electron chi connectivity index (χ0n) is 12.1. The molecular weight excluding hydrogens is 194 g/mol. The third-order valence-corrected chi connectivity index (χ3v) is 3.32. The smallest absolute Gasteiger partial charge is 0.00248 e. The number of unbranched alkanes of at least 4 members (excludes halogenated alkanes) is 2. The third kappa shape index (κ3) is 8.96. The summed E-state index contributed by atoms with van der Waals surface area (Å²) in [5.41, 5.74) is 1.89. The monoisotopic (exact) mass is 225 g/mol. The first-order valence-electron chi connectivity index (χ1n) is 6.69. The average molecular weight is 225 g/mol. The van der Waals surface area contributed by atoms with Gasteiger partial charge in [0.2, 0.25) is 0 Å². The van der Waals surface area contributed by atoms with Crippen LogP contribution in [0, 0.1) is 5.41 Å². The van der Waals surface area contributed by atoms with Gasteiger partial charge in [0.05, 0.1) is 0 Å². The second-order valence-corrected chi connectivity index (χ2v) is 6.06. The Balaban J connectivity index is 3.52. The minimum absolute atomic E-state index is 0.445. The van der Waals surface area contributed by atoms with Crippen molar-refractivity contribution in [2.24, 2.45) is 5.41 Å². The van der Waals surface area contributed by atoms with Crippen LogP contribution in [0.1, 0.15) is 59.3 Å². The van der Waals surface area contributed by atoms with E-state index in [0.717, 1.165) is 0 Å². The highest BCUT2D eigenvalue weighted by Gasteiger charge is 2.15. The van der Waals surface area contributed by atoms with Gasteiger partial charge in [-0.3, -0.25) is 0 Å². The first kappa shape index (κ1) is 15.7. The summed E-state index contributed by atoms with van der Waals surface area (Å²) in [5, 5.41) is 0. The molecule has 0 saturated carbocycles. The van der Waals surface area contributed by atoms with Crippen molar-refractivity contribution < 1.29 is 0 Å². The minimum atomic E-state index is 0.445. The SMILES string of the molecule is C=C(CCCCCN(C)C)CC(C)(C)CC. The van der Waals surface area contributed by atoms with Crippen molar-refractivity contribution >= 4 is 0 Å². The van der Waals surface area contributed by atoms with Crippen LogP contribution >= 0.6 is 0 Å². The third-order valence-electron chi connectivity index (χ3n) is 3.32. The van der Waals surface area contributed by atoms with Crippen LogP contribution in [-0.2, 0) is 0 Å². The number of nitrogens with zero attached hydrogens (tertiary/aromatic N) is 1. The highest BCUT2D eigenvalue weighted by molar-refractivity contribution is 4.98. The fourth-order valence-electron chi connectivity index (χ4n) is 1.87. The van der Waals surface area contributed by atoms with Crippen LogP contribution in [0.5, 0.6) is 0 Å². The molecule has 0 aromatic rings. The second-order valence-electron chi connectivity index (χ2n) is 6.06. The van der Waals surface area contributed by atoms with Crippen LogP contribution in [0.15, 0.2) is 12.2 Å². The van der Waals surface area contributed by atoms with Gasteiger partial charge < -0.3 is 4.90 Å². The van der Waals surface area contributed by atoms with Crippen molar-refractivity contribution in [2.45, 2.75) is 59.3 Å². The molecule has 96 valence electrons. The van der Waals surface area contributed by atoms with Gasteiger partial charge in [-0.2, -0.15) is 0 Å². The molecule has 0 aromatic heterocycles. The van der Waals surface area contributed by atoms with Gasteiger partial charge >= 0.3 is 0 Å². The Labute approximate surface area is 103 Å². The molecule has 0 heterocycles. The van der Waals surface area contributed by atoms with Crippen molar-refractivity contribution in [3.05, 3.63) is 12.2 Å². The molecule has 0 N–H and O–H groups in total. The molecule has 0 aliphatic carbocycles. The summed E-state index contributed by atoms with van der Waals surface area (Å²) in [6, 6.07) is 0. The number of hydrogen-bond donors (Lipinski definition) is 0. The second kappa shape index (κ2) is 7.89. The molecule has 0 aliphatic rings. The van der Waals surface area contributed by atoms with Gasteiger partial charge in [-0.25, -0.2) is 0 Å². The standard InChI is InChI=1S/C15H31N/c1-7-15(3,4)13-14(2)11-9-8-10-12-16(5)6/h2,7-13H2,1,3-6H3. The van der Waals surface area contributed by atoms with E-state index in [9.17, 15) is 0 Å². The van der Waals surface area contributed by atoms with E-state index in [1.54, 1.807) is 0 Å². The van der Waals surface area contributed by atoms with Gasteiger partial charge in [-0.15, -0.1) is 0 Å². The van der Waals surface area contributed by atoms with Gasteiger partial charge in [0.15, 0.2) is 0 Å². The fraction of sp³-hybridized carbons (Fsp3) is 0.867. The minimum Gasteiger partial charge on any atom is -0.309 e. The lowest BCUT2D eigenvalue weighted by Crippen LogP contribution is -2.12. The highest BCUT2D eigenvalue weighted by Crippen LogP contribution is 2.29. The van der Waals surface area contributed by atoms with Crippen LogP contribution in [0.25, 0.3) is 0 Å². The van der Waals surface area contributed by atoms with Crippen molar-refractivity contribution in [2.75, 3.05) is 20.6 Å². The van der Waals surface area contributed by atoms with Crippen LogP contribution < -0.4 is 0 Å². The van der Waals surface area contributed by atoms with Crippen LogP contribution in [0.2, 0.25) is 0 Å². The summed E-state index contributed by atoms with van der Waals surface area (Å²) in [4.78, 5) is 2.26. The molecule has 0 amide bonds. The van der Waals surface area contributed by atoms with Gasteiger partial charge in [-0.05, 0) is 51.7 Å². The van der Waals surface area contributed by atoms with E-state index in [1.807, 2.05) is 0 Å². The Bertz CT molecular complexity index is 192. The lowest BCUT2D eigenvalue weighted by Gasteiger charge is -2.23. The Morgan fingerprint density at radius 3 is 2.25 bits per heavy atom. The van der Waals surface area contributed by atoms with E-state index < -0.39 is 0 Å². The first-order chi connectivity index (χ1) is 7.37. The molecule has 1 heteroatoms. The van der Waals surface area contributed by atoms with Gasteiger partial charge in [0.25, 0.3) is 0 Å². The molecule has 0 rings (SSSR count). The molecule has 1 nitrogen and oxygen atoms in total. The molecule has 0 spiro atoms. The van der Waals surface area contributed by atoms with E-state index >= 15 is 0 Å². The van der Waals surface area contributed by atoms with E-state index in [0.29, 0.717) is 5.41 Å². The summed E-state index contributed by atoms with van der Waals surface area (Å²) < 4.78 is 0. The van der Waals surface area contributed by atoms with E-state index in [1.165, 1.54) is 50.6 Å². The number of hydrogen-bond acceptors (Lipinski definition) is 1. The maximum Gasteiger partial charge on any atom is -0.00248 e. The average Bonchev–Trinajstić information content (AvgIpc) is 2.16. The van der Waals surface area contributed by atoms with Crippen LogP contribution in [0.4, 0.5) is 0 Å². The summed E-state index contributed by atoms with van der Waals surface area (Å²) >= 11 is 0. The normalized spacial score (nSPS) is 12.1.